The van der Waals surface area contributed by atoms with Gasteiger partial charge in [0.25, 0.3) is 0 Å². The Morgan fingerprint density at radius 1 is 1.18 bits per heavy atom. The van der Waals surface area contributed by atoms with Crippen LogP contribution in [-0.2, 0) is 20.9 Å². The number of benzene rings is 1. The summed E-state index contributed by atoms with van der Waals surface area (Å²) in [4.78, 5) is 23.0. The standard InChI is InChI=1S/C17H21NO4/c1-4-21-16(19)11-10-15(13(2)3)18-17(20)22-12-14-8-6-5-7-9-14/h5-9,13,15H,4,12H2,1-3H3,(H,18,20)/t15-/m1/s1. The third-order valence-electron chi connectivity index (χ3n) is 2.76. The summed E-state index contributed by atoms with van der Waals surface area (Å²) in [6.45, 7) is 5.94. The van der Waals surface area contributed by atoms with Crippen molar-refractivity contribution in [2.45, 2.75) is 33.4 Å². The van der Waals surface area contributed by atoms with E-state index in [9.17, 15) is 9.59 Å². The van der Waals surface area contributed by atoms with Gasteiger partial charge in [0.05, 0.1) is 12.6 Å². The molecule has 0 aromatic heterocycles. The second-order valence-electron chi connectivity index (χ2n) is 4.92. The Labute approximate surface area is 131 Å². The molecule has 0 spiro atoms. The Morgan fingerprint density at radius 2 is 1.86 bits per heavy atom. The van der Waals surface area contributed by atoms with Crippen LogP contribution in [0.1, 0.15) is 26.3 Å². The molecule has 0 saturated heterocycles. The average Bonchev–Trinajstić information content (AvgIpc) is 2.50. The van der Waals surface area contributed by atoms with Crippen LogP contribution >= 0.6 is 0 Å². The van der Waals surface area contributed by atoms with Gasteiger partial charge in [-0.3, -0.25) is 0 Å². The second kappa shape index (κ2) is 9.46. The molecule has 1 amide bonds. The van der Waals surface area contributed by atoms with E-state index in [4.69, 9.17) is 9.47 Å². The molecule has 118 valence electrons. The Morgan fingerprint density at radius 3 is 2.45 bits per heavy atom. The molecule has 5 nitrogen and oxygen atoms in total. The molecule has 22 heavy (non-hydrogen) atoms. The molecule has 0 aliphatic carbocycles. The molecule has 0 unspecified atom stereocenters. The molecule has 0 aliphatic heterocycles. The molecule has 5 heteroatoms. The number of carbonyl (C=O) groups excluding carboxylic acids is 2. The van der Waals surface area contributed by atoms with Gasteiger partial charge in [0.15, 0.2) is 0 Å². The zero-order valence-corrected chi connectivity index (χ0v) is 13.1. The Balaban J connectivity index is 2.52. The molecule has 0 saturated carbocycles. The van der Waals surface area contributed by atoms with E-state index in [0.29, 0.717) is 0 Å². The second-order valence-corrected chi connectivity index (χ2v) is 4.92. The normalized spacial score (nSPS) is 11.1. The quantitative estimate of drug-likeness (QED) is 0.516. The molecule has 0 heterocycles. The monoisotopic (exact) mass is 303 g/mol. The van der Waals surface area contributed by atoms with E-state index in [-0.39, 0.29) is 19.1 Å². The van der Waals surface area contributed by atoms with Crippen molar-refractivity contribution in [3.63, 3.8) is 0 Å². The first-order valence-electron chi connectivity index (χ1n) is 7.18. The minimum absolute atomic E-state index is 0.0335. The van der Waals surface area contributed by atoms with Crippen molar-refractivity contribution >= 4 is 12.1 Å². The summed E-state index contributed by atoms with van der Waals surface area (Å²) < 4.78 is 9.85. The lowest BCUT2D eigenvalue weighted by atomic mass is 10.1. The van der Waals surface area contributed by atoms with E-state index >= 15 is 0 Å². The molecule has 0 bridgehead atoms. The average molecular weight is 303 g/mol. The smallest absolute Gasteiger partial charge is 0.408 e. The number of hydrogen-bond acceptors (Lipinski definition) is 4. The van der Waals surface area contributed by atoms with E-state index < -0.39 is 18.1 Å². The van der Waals surface area contributed by atoms with Crippen LogP contribution in [0.25, 0.3) is 0 Å². The van der Waals surface area contributed by atoms with E-state index in [2.05, 4.69) is 17.2 Å². The van der Waals surface area contributed by atoms with Gasteiger partial charge in [-0.1, -0.05) is 50.1 Å². The summed E-state index contributed by atoms with van der Waals surface area (Å²) in [6.07, 6.45) is -0.569. The van der Waals surface area contributed by atoms with Crippen molar-refractivity contribution in [1.82, 2.24) is 5.32 Å². The van der Waals surface area contributed by atoms with Crippen molar-refractivity contribution in [2.24, 2.45) is 5.92 Å². The third-order valence-corrected chi connectivity index (χ3v) is 2.76. The number of esters is 1. The molecule has 1 rings (SSSR count). The van der Waals surface area contributed by atoms with Crippen LogP contribution in [0.2, 0.25) is 0 Å². The van der Waals surface area contributed by atoms with Crippen LogP contribution in [-0.4, -0.2) is 24.7 Å². The van der Waals surface area contributed by atoms with Crippen molar-refractivity contribution in [3.8, 4) is 11.8 Å². The highest BCUT2D eigenvalue weighted by atomic mass is 16.5. The van der Waals surface area contributed by atoms with Gasteiger partial charge in [-0.15, -0.1) is 0 Å². The molecule has 1 N–H and O–H groups in total. The molecule has 1 aromatic carbocycles. The SMILES string of the molecule is CCOC(=O)C#C[C@@H](NC(=O)OCc1ccccc1)C(C)C. The lowest BCUT2D eigenvalue weighted by molar-refractivity contribution is -0.136. The predicted octanol–water partition coefficient (Wildman–Crippen LogP) is 2.50. The summed E-state index contributed by atoms with van der Waals surface area (Å²) in [5, 5.41) is 2.64. The van der Waals surface area contributed by atoms with Crippen LogP contribution < -0.4 is 5.32 Å². The first-order chi connectivity index (χ1) is 10.5. The van der Waals surface area contributed by atoms with E-state index in [1.165, 1.54) is 0 Å². The van der Waals surface area contributed by atoms with Gasteiger partial charge < -0.3 is 14.8 Å². The van der Waals surface area contributed by atoms with Gasteiger partial charge in [-0.2, -0.15) is 0 Å². The first kappa shape index (κ1) is 17.6. The Hall–Kier alpha value is -2.48. The minimum Gasteiger partial charge on any atom is -0.456 e. The number of hydrogen-bond donors (Lipinski definition) is 1. The Kier molecular flexibility index (Phi) is 7.55. The van der Waals surface area contributed by atoms with Gasteiger partial charge in [0.2, 0.25) is 0 Å². The van der Waals surface area contributed by atoms with Crippen LogP contribution in [0.3, 0.4) is 0 Å². The van der Waals surface area contributed by atoms with E-state index in [0.717, 1.165) is 5.56 Å². The maximum Gasteiger partial charge on any atom is 0.408 e. The highest BCUT2D eigenvalue weighted by Crippen LogP contribution is 2.03. The maximum atomic E-state index is 11.8. The third kappa shape index (κ3) is 6.80. The fourth-order valence-corrected chi connectivity index (χ4v) is 1.57. The predicted molar refractivity (Wildman–Crippen MR) is 82.8 cm³/mol. The van der Waals surface area contributed by atoms with Crippen molar-refractivity contribution in [3.05, 3.63) is 35.9 Å². The maximum absolute atomic E-state index is 11.8. The van der Waals surface area contributed by atoms with Gasteiger partial charge in [-0.25, -0.2) is 9.59 Å². The zero-order chi connectivity index (χ0) is 16.4. The molecule has 0 aliphatic rings. The largest absolute Gasteiger partial charge is 0.456 e. The van der Waals surface area contributed by atoms with Crippen LogP contribution in [0.15, 0.2) is 30.3 Å². The highest BCUT2D eigenvalue weighted by molar-refractivity contribution is 5.88. The van der Waals surface area contributed by atoms with E-state index in [1.54, 1.807) is 6.92 Å². The molecular weight excluding hydrogens is 282 g/mol. The fraction of sp³-hybridized carbons (Fsp3) is 0.412. The highest BCUT2D eigenvalue weighted by Gasteiger charge is 2.15. The van der Waals surface area contributed by atoms with Crippen molar-refractivity contribution in [1.29, 1.82) is 0 Å². The van der Waals surface area contributed by atoms with Gasteiger partial charge in [-0.05, 0) is 18.4 Å². The lowest BCUT2D eigenvalue weighted by Gasteiger charge is -2.16. The van der Waals surface area contributed by atoms with Gasteiger partial charge in [0.1, 0.15) is 6.61 Å². The molecule has 1 aromatic rings. The Bertz CT molecular complexity index is 543. The van der Waals surface area contributed by atoms with Gasteiger partial charge >= 0.3 is 12.1 Å². The van der Waals surface area contributed by atoms with E-state index in [1.807, 2.05) is 44.2 Å². The number of alkyl carbamates (subject to hydrolysis) is 1. The van der Waals surface area contributed by atoms with Crippen LogP contribution in [0.4, 0.5) is 4.79 Å². The summed E-state index contributed by atoms with van der Waals surface area (Å²) in [5.74, 6) is 4.49. The van der Waals surface area contributed by atoms with Crippen molar-refractivity contribution in [2.75, 3.05) is 6.61 Å². The zero-order valence-electron chi connectivity index (χ0n) is 13.1. The fourth-order valence-electron chi connectivity index (χ4n) is 1.57. The molecular formula is C17H21NO4. The van der Waals surface area contributed by atoms with Crippen LogP contribution in [0.5, 0.6) is 0 Å². The number of carbonyl (C=O) groups is 2. The molecule has 0 fully saturated rings. The summed E-state index contributed by atoms with van der Waals surface area (Å²) in [6, 6.07) is 8.90. The molecule has 1 atom stereocenters. The van der Waals surface area contributed by atoms with Crippen molar-refractivity contribution < 1.29 is 19.1 Å². The molecule has 0 radical (unpaired) electrons. The number of nitrogens with one attached hydrogen (secondary N) is 1. The van der Waals surface area contributed by atoms with Gasteiger partial charge in [0, 0.05) is 5.92 Å². The number of amides is 1. The summed E-state index contributed by atoms with van der Waals surface area (Å²) >= 11 is 0. The summed E-state index contributed by atoms with van der Waals surface area (Å²) in [7, 11) is 0. The number of ether oxygens (including phenoxy) is 2. The topological polar surface area (TPSA) is 64.6 Å². The number of rotatable bonds is 5. The first-order valence-corrected chi connectivity index (χ1v) is 7.18. The minimum atomic E-state index is -0.604. The summed E-state index contributed by atoms with van der Waals surface area (Å²) in [5.41, 5.74) is 0.899. The van der Waals surface area contributed by atoms with Crippen LogP contribution in [0, 0.1) is 17.8 Å². The lowest BCUT2D eigenvalue weighted by Crippen LogP contribution is -2.38.